The fourth-order valence-electron chi connectivity index (χ4n) is 6.69. The number of aliphatic hydroxyl groups is 3. The third kappa shape index (κ3) is 3.93. The predicted octanol–water partition coefficient (Wildman–Crippen LogP) is -0.149. The molecule has 0 spiro atoms. The molecule has 4 aliphatic rings. The van der Waals surface area contributed by atoms with Gasteiger partial charge < -0.3 is 41.0 Å². The minimum absolute atomic E-state index is 0.00362. The third-order valence-electron chi connectivity index (χ3n) is 8.46. The summed E-state index contributed by atoms with van der Waals surface area (Å²) >= 11 is 0. The van der Waals surface area contributed by atoms with E-state index in [4.69, 9.17) is 15.2 Å². The number of carbonyl (C=O) groups excluding carboxylic acids is 3. The van der Waals surface area contributed by atoms with Gasteiger partial charge in [-0.05, 0) is 45.3 Å². The number of phenols is 1. The summed E-state index contributed by atoms with van der Waals surface area (Å²) in [5.41, 5.74) is 2.78. The highest BCUT2D eigenvalue weighted by Gasteiger charge is 2.64. The van der Waals surface area contributed by atoms with E-state index in [0.717, 1.165) is 6.42 Å². The Bertz CT molecular complexity index is 1330. The molecule has 1 heterocycles. The van der Waals surface area contributed by atoms with Crippen LogP contribution in [0.1, 0.15) is 29.5 Å². The molecule has 0 bridgehead atoms. The molecule has 1 aromatic rings. The van der Waals surface area contributed by atoms with Crippen LogP contribution in [0.4, 0.5) is 0 Å². The number of carbonyl (C=O) groups is 3. The molecule has 1 aromatic carbocycles. The Kier molecular flexibility index (Phi) is 6.70. The van der Waals surface area contributed by atoms with Gasteiger partial charge in [0.2, 0.25) is 5.78 Å². The number of methoxy groups -OCH3 is 1. The number of hydrogen-bond donors (Lipinski definition) is 6. The van der Waals surface area contributed by atoms with Crippen LogP contribution in [0.5, 0.6) is 11.5 Å². The van der Waals surface area contributed by atoms with E-state index < -0.39 is 58.0 Å². The molecule has 1 saturated heterocycles. The van der Waals surface area contributed by atoms with Crippen LogP contribution in [0.15, 0.2) is 23.0 Å². The first kappa shape index (κ1) is 27.1. The number of aliphatic hydroxyl groups excluding tert-OH is 2. The second-order valence-corrected chi connectivity index (χ2v) is 10.8. The number of ketones is 2. The molecule has 7 N–H and O–H groups in total. The van der Waals surface area contributed by atoms with Crippen molar-refractivity contribution in [1.29, 1.82) is 0 Å². The Morgan fingerprint density at radius 2 is 2.00 bits per heavy atom. The Morgan fingerprint density at radius 1 is 1.28 bits per heavy atom. The SMILES string of the molecule is COc1c(CNC2CCOC2)cc(O)c2c1C[C@H]1C[C@H]3[C@H](N(C)C)C(=O)C(C(N)=O)=C(O)[C@@]3(O)C(=O)C1=C2O. The van der Waals surface area contributed by atoms with Crippen molar-refractivity contribution in [3.8, 4) is 11.5 Å². The fourth-order valence-corrected chi connectivity index (χ4v) is 6.69. The largest absolute Gasteiger partial charge is 0.508 e. The first-order chi connectivity index (χ1) is 18.4. The van der Waals surface area contributed by atoms with Crippen LogP contribution in [-0.4, -0.2) is 94.9 Å². The molecule has 210 valence electrons. The Morgan fingerprint density at radius 3 is 2.59 bits per heavy atom. The zero-order valence-electron chi connectivity index (χ0n) is 22.0. The van der Waals surface area contributed by atoms with E-state index in [1.807, 2.05) is 0 Å². The van der Waals surface area contributed by atoms with Gasteiger partial charge in [0.25, 0.3) is 5.91 Å². The molecule has 1 amide bonds. The monoisotopic (exact) mass is 543 g/mol. The van der Waals surface area contributed by atoms with Crippen molar-refractivity contribution in [2.24, 2.45) is 17.6 Å². The second-order valence-electron chi connectivity index (χ2n) is 10.8. The Balaban J connectivity index is 1.63. The molecule has 12 nitrogen and oxygen atoms in total. The van der Waals surface area contributed by atoms with Crippen molar-refractivity contribution in [2.45, 2.75) is 43.5 Å². The van der Waals surface area contributed by atoms with Gasteiger partial charge in [-0.25, -0.2) is 0 Å². The number of fused-ring (bicyclic) bond motifs is 3. The molecule has 1 aliphatic heterocycles. The van der Waals surface area contributed by atoms with Gasteiger partial charge in [-0.2, -0.15) is 0 Å². The van der Waals surface area contributed by atoms with Crippen molar-refractivity contribution in [1.82, 2.24) is 10.2 Å². The molecular weight excluding hydrogens is 510 g/mol. The number of rotatable bonds is 6. The number of hydrogen-bond acceptors (Lipinski definition) is 11. The van der Waals surface area contributed by atoms with Crippen LogP contribution in [0.2, 0.25) is 0 Å². The summed E-state index contributed by atoms with van der Waals surface area (Å²) in [7, 11) is 4.60. The van der Waals surface area contributed by atoms with Crippen LogP contribution in [0.25, 0.3) is 5.76 Å². The molecule has 12 heteroatoms. The molecule has 2 fully saturated rings. The lowest BCUT2D eigenvalue weighted by Crippen LogP contribution is -2.65. The van der Waals surface area contributed by atoms with Crippen molar-refractivity contribution >= 4 is 23.2 Å². The summed E-state index contributed by atoms with van der Waals surface area (Å²) in [5.74, 6) is -6.42. The van der Waals surface area contributed by atoms with E-state index in [0.29, 0.717) is 36.6 Å². The number of nitrogens with zero attached hydrogens (tertiary/aromatic N) is 1. The van der Waals surface area contributed by atoms with Gasteiger partial charge in [-0.15, -0.1) is 0 Å². The van der Waals surface area contributed by atoms with E-state index in [-0.39, 0.29) is 35.8 Å². The summed E-state index contributed by atoms with van der Waals surface area (Å²) in [5, 5.41) is 48.3. The van der Waals surface area contributed by atoms with Crippen molar-refractivity contribution < 1.29 is 44.3 Å². The molecule has 0 radical (unpaired) electrons. The molecule has 5 atom stereocenters. The fraction of sp³-hybridized carbons (Fsp3) is 0.519. The molecule has 0 aromatic heterocycles. The second kappa shape index (κ2) is 9.63. The van der Waals surface area contributed by atoms with Crippen LogP contribution in [-0.2, 0) is 32.1 Å². The van der Waals surface area contributed by atoms with E-state index >= 15 is 0 Å². The predicted molar refractivity (Wildman–Crippen MR) is 137 cm³/mol. The van der Waals surface area contributed by atoms with Gasteiger partial charge in [0.15, 0.2) is 11.4 Å². The number of Topliss-reactive ketones (excluding diaryl/α,β-unsaturated/α-hetero) is 2. The average molecular weight is 544 g/mol. The standard InChI is InChI=1S/C27H33N3O9/c1-30(2)20-15-7-11-6-14-18(16(31)8-12(23(14)38-3)9-29-13-4-5-39-10-13)21(32)17(11)24(34)27(15,37)25(35)19(22(20)33)26(28)36/h8,11,13,15,20,29,31-32,35,37H,4-7,9-10H2,1-3H3,(H2,28,36)/t11-,13?,15-,20-,27-/m0/s1. The summed E-state index contributed by atoms with van der Waals surface area (Å²) < 4.78 is 11.1. The zero-order valence-corrected chi connectivity index (χ0v) is 22.0. The Hall–Kier alpha value is -3.45. The first-order valence-electron chi connectivity index (χ1n) is 12.8. The van der Waals surface area contributed by atoms with Gasteiger partial charge in [0.1, 0.15) is 28.6 Å². The number of ether oxygens (including phenoxy) is 2. The minimum atomic E-state index is -2.67. The van der Waals surface area contributed by atoms with Gasteiger partial charge in [0, 0.05) is 41.8 Å². The summed E-state index contributed by atoms with van der Waals surface area (Å²) in [6.45, 7) is 1.61. The average Bonchev–Trinajstić information content (AvgIpc) is 3.38. The smallest absolute Gasteiger partial charge is 0.255 e. The number of aromatic hydroxyl groups is 1. The molecular formula is C27H33N3O9. The van der Waals surface area contributed by atoms with Crippen LogP contribution in [0, 0.1) is 11.8 Å². The number of nitrogens with one attached hydrogen (secondary N) is 1. The lowest BCUT2D eigenvalue weighted by molar-refractivity contribution is -0.153. The van der Waals surface area contributed by atoms with E-state index in [9.17, 15) is 34.8 Å². The van der Waals surface area contributed by atoms with Crippen molar-refractivity contribution in [3.05, 3.63) is 39.7 Å². The van der Waals surface area contributed by atoms with Crippen molar-refractivity contribution in [2.75, 3.05) is 34.4 Å². The number of primary amides is 1. The van der Waals surface area contributed by atoms with E-state index in [1.165, 1.54) is 18.1 Å². The summed E-state index contributed by atoms with van der Waals surface area (Å²) in [6.07, 6.45) is 1.02. The molecule has 39 heavy (non-hydrogen) atoms. The van der Waals surface area contributed by atoms with Crippen LogP contribution >= 0.6 is 0 Å². The lowest BCUT2D eigenvalue weighted by atomic mass is 9.57. The third-order valence-corrected chi connectivity index (χ3v) is 8.46. The number of benzene rings is 1. The number of amides is 1. The highest BCUT2D eigenvalue weighted by molar-refractivity contribution is 6.24. The topological polar surface area (TPSA) is 192 Å². The van der Waals surface area contributed by atoms with Gasteiger partial charge >= 0.3 is 0 Å². The maximum Gasteiger partial charge on any atom is 0.255 e. The summed E-state index contributed by atoms with van der Waals surface area (Å²) in [6, 6.07) is 0.466. The summed E-state index contributed by atoms with van der Waals surface area (Å²) in [4.78, 5) is 40.6. The first-order valence-corrected chi connectivity index (χ1v) is 12.8. The number of phenolic OH excluding ortho intramolecular Hbond substituents is 1. The molecule has 5 rings (SSSR count). The zero-order chi connectivity index (χ0) is 28.4. The molecule has 1 unspecified atom stereocenters. The number of nitrogens with two attached hydrogens (primary N) is 1. The van der Waals surface area contributed by atoms with Gasteiger partial charge in [-0.1, -0.05) is 0 Å². The molecule has 3 aliphatic carbocycles. The van der Waals surface area contributed by atoms with Crippen LogP contribution < -0.4 is 15.8 Å². The number of likely N-dealkylation sites (N-methyl/N-ethyl adjacent to an activating group) is 1. The van der Waals surface area contributed by atoms with E-state index in [2.05, 4.69) is 5.32 Å². The Labute approximate surface area is 224 Å². The quantitative estimate of drug-likeness (QED) is 0.262. The highest BCUT2D eigenvalue weighted by Crippen LogP contribution is 2.54. The van der Waals surface area contributed by atoms with E-state index in [1.54, 1.807) is 14.1 Å². The van der Waals surface area contributed by atoms with Crippen molar-refractivity contribution in [3.63, 3.8) is 0 Å². The maximum absolute atomic E-state index is 13.9. The van der Waals surface area contributed by atoms with Gasteiger partial charge in [-0.3, -0.25) is 19.3 Å². The highest BCUT2D eigenvalue weighted by atomic mass is 16.5. The maximum atomic E-state index is 13.9. The normalized spacial score (nSPS) is 30.4. The minimum Gasteiger partial charge on any atom is -0.508 e. The molecule has 1 saturated carbocycles. The van der Waals surface area contributed by atoms with Crippen LogP contribution in [0.3, 0.4) is 0 Å². The lowest BCUT2D eigenvalue weighted by Gasteiger charge is -2.50. The van der Waals surface area contributed by atoms with Gasteiger partial charge in [0.05, 0.1) is 25.3 Å².